The quantitative estimate of drug-likeness (QED) is 0.307. The topological polar surface area (TPSA) is 0 Å². The summed E-state index contributed by atoms with van der Waals surface area (Å²) in [4.78, 5) is 0. The van der Waals surface area contributed by atoms with Crippen molar-refractivity contribution in [2.24, 2.45) is 0 Å². The molecule has 0 aliphatic rings. The predicted molar refractivity (Wildman–Crippen MR) is 36.9 cm³/mol. The SMILES string of the molecule is BB(B)I. The van der Waals surface area contributed by atoms with Crippen LogP contribution < -0.4 is 0 Å². The summed E-state index contributed by atoms with van der Waals surface area (Å²) in [5.74, 6) is 0. The van der Waals surface area contributed by atoms with Gasteiger partial charge in [0.25, 0.3) is 0 Å². The van der Waals surface area contributed by atoms with E-state index in [9.17, 15) is 0 Å². The van der Waals surface area contributed by atoms with Crippen LogP contribution in [-0.4, -0.2) is 19.8 Å². The van der Waals surface area contributed by atoms with Gasteiger partial charge in [0, 0.05) is 0 Å². The third-order valence-electron chi connectivity index (χ3n) is 0. The highest BCUT2D eigenvalue weighted by Gasteiger charge is 1.81. The molecule has 0 aromatic heterocycles. The smallest absolute Gasteiger partial charge is 0.140 e. The minimum Gasteiger partial charge on any atom is -0.171 e. The van der Waals surface area contributed by atoms with E-state index in [2.05, 4.69) is 37.8 Å². The van der Waals surface area contributed by atoms with Crippen LogP contribution in [0.4, 0.5) is 0 Å². The van der Waals surface area contributed by atoms with Crippen molar-refractivity contribution in [3.8, 4) is 0 Å². The highest BCUT2D eigenvalue weighted by molar-refractivity contribution is 14.1. The monoisotopic (exact) mass is 164 g/mol. The Morgan fingerprint density at radius 1 is 1.50 bits per heavy atom. The Labute approximate surface area is 42.5 Å². The molecule has 0 spiro atoms. The molecule has 0 saturated heterocycles. The van der Waals surface area contributed by atoms with E-state index < -0.39 is 0 Å². The van der Waals surface area contributed by atoms with Gasteiger partial charge in [-0.15, -0.1) is 0 Å². The molecular formula is H4B3I. The van der Waals surface area contributed by atoms with E-state index in [-0.39, 0.29) is 0 Å². The molecule has 0 unspecified atom stereocenters. The minimum absolute atomic E-state index is 0.803. The van der Waals surface area contributed by atoms with E-state index in [0.29, 0.717) is 0 Å². The molecule has 0 rings (SSSR count). The van der Waals surface area contributed by atoms with Crippen LogP contribution in [0, 0.1) is 0 Å². The Balaban J connectivity index is 2.32. The van der Waals surface area contributed by atoms with Crippen molar-refractivity contribution in [2.75, 3.05) is 0 Å². The normalized spacial score (nSPS) is 6.25. The number of hydrogen-bond acceptors (Lipinski definition) is 0. The average molecular weight is 163 g/mol. The third-order valence-corrected chi connectivity index (χ3v) is 0. The predicted octanol–water partition coefficient (Wildman–Crippen LogP) is -1.33. The van der Waals surface area contributed by atoms with Crippen molar-refractivity contribution in [3.63, 3.8) is 0 Å². The van der Waals surface area contributed by atoms with E-state index in [4.69, 9.17) is 0 Å². The zero-order valence-electron chi connectivity index (χ0n) is 2.96. The molecule has 0 bridgehead atoms. The van der Waals surface area contributed by atoms with Gasteiger partial charge in [-0.1, -0.05) is 0 Å². The Bertz CT molecular complexity index is 8.00. The Kier molecular flexibility index (Phi) is 2.68. The third kappa shape index (κ3) is 12.7. The first-order valence-corrected chi connectivity index (χ1v) is 2.62. The maximum atomic E-state index is 2.34. The minimum atomic E-state index is 0.803. The molecule has 0 heterocycles. The van der Waals surface area contributed by atoms with Gasteiger partial charge in [-0.3, -0.25) is 0 Å². The lowest BCUT2D eigenvalue weighted by Crippen LogP contribution is -1.98. The van der Waals surface area contributed by atoms with Gasteiger partial charge in [0.1, 0.15) is 4.35 Å². The summed E-state index contributed by atoms with van der Waals surface area (Å²) < 4.78 is 0.803. The van der Waals surface area contributed by atoms with Crippen LogP contribution >= 0.6 is 22.4 Å². The Hall–Kier alpha value is 0.925. The highest BCUT2D eigenvalue weighted by atomic mass is 127. The maximum Gasteiger partial charge on any atom is 0.140 e. The summed E-state index contributed by atoms with van der Waals surface area (Å²) in [6.07, 6.45) is 0. The molecule has 0 saturated carbocycles. The van der Waals surface area contributed by atoms with Gasteiger partial charge in [0.15, 0.2) is 0 Å². The summed E-state index contributed by atoms with van der Waals surface area (Å²) in [6, 6.07) is 0. The highest BCUT2D eigenvalue weighted by Crippen LogP contribution is 1.74. The van der Waals surface area contributed by atoms with Gasteiger partial charge in [0.2, 0.25) is 0 Å². The van der Waals surface area contributed by atoms with Crippen LogP contribution in [0.5, 0.6) is 0 Å². The molecule has 4 heteroatoms. The van der Waals surface area contributed by atoms with Crippen LogP contribution in [0.3, 0.4) is 0 Å². The fourth-order valence-electron chi connectivity index (χ4n) is 0. The van der Waals surface area contributed by atoms with E-state index in [1.165, 1.54) is 0 Å². The van der Waals surface area contributed by atoms with E-state index >= 15 is 0 Å². The fraction of sp³-hybridized carbons (Fsp3) is 0. The van der Waals surface area contributed by atoms with Gasteiger partial charge in [-0.05, 0) is 0 Å². The van der Waals surface area contributed by atoms with Gasteiger partial charge in [-0.2, -0.15) is 22.4 Å². The molecule has 0 atom stereocenters. The fourth-order valence-corrected chi connectivity index (χ4v) is 0. The first-order valence-electron chi connectivity index (χ1n) is 1.37. The molecular weight excluding hydrogens is 159 g/mol. The first kappa shape index (κ1) is 4.92. The molecule has 4 heavy (non-hydrogen) atoms. The summed E-state index contributed by atoms with van der Waals surface area (Å²) in [5.41, 5.74) is 0. The van der Waals surface area contributed by atoms with Crippen LogP contribution in [-0.2, 0) is 0 Å². The molecule has 0 N–H and O–H groups in total. The maximum absolute atomic E-state index is 2.34. The number of rotatable bonds is 0. The van der Waals surface area contributed by atoms with Crippen LogP contribution in [0.25, 0.3) is 0 Å². The standard InChI is InChI=1S/B3H4I/c1-3(2)4/h1-2H2. The van der Waals surface area contributed by atoms with Crippen molar-refractivity contribution in [3.05, 3.63) is 0 Å². The van der Waals surface area contributed by atoms with Gasteiger partial charge in [-0.25, -0.2) is 0 Å². The second-order valence-electron chi connectivity index (χ2n) is 1.01. The molecule has 0 radical (unpaired) electrons. The lowest BCUT2D eigenvalue weighted by Gasteiger charge is -1.67. The number of halogens is 1. The zero-order valence-corrected chi connectivity index (χ0v) is 5.11. The van der Waals surface area contributed by atoms with Crippen LogP contribution in [0.15, 0.2) is 0 Å². The molecule has 0 aliphatic carbocycles. The van der Waals surface area contributed by atoms with Gasteiger partial charge >= 0.3 is 0 Å². The second-order valence-corrected chi connectivity index (χ2v) is 3.51. The van der Waals surface area contributed by atoms with Crippen LogP contribution in [0.1, 0.15) is 0 Å². The molecule has 0 aromatic carbocycles. The van der Waals surface area contributed by atoms with E-state index in [1.807, 2.05) is 0 Å². The largest absolute Gasteiger partial charge is 0.171 e. The molecule has 0 aliphatic heterocycles. The number of hydrogen-bond donors (Lipinski definition) is 0. The first-order chi connectivity index (χ1) is 1.73. The van der Waals surface area contributed by atoms with Crippen molar-refractivity contribution < 1.29 is 0 Å². The van der Waals surface area contributed by atoms with Crippen LogP contribution in [0.2, 0.25) is 0 Å². The molecule has 20 valence electrons. The van der Waals surface area contributed by atoms with Gasteiger partial charge in [0.05, 0.1) is 15.5 Å². The van der Waals surface area contributed by atoms with Crippen molar-refractivity contribution in [1.82, 2.24) is 0 Å². The van der Waals surface area contributed by atoms with Crippen molar-refractivity contribution in [2.45, 2.75) is 0 Å². The zero-order chi connectivity index (χ0) is 3.58. The lowest BCUT2D eigenvalue weighted by molar-refractivity contribution is 4.29. The second kappa shape index (κ2) is 2.18. The molecule has 0 nitrogen and oxygen atoms in total. The molecule has 0 amide bonds. The van der Waals surface area contributed by atoms with E-state index in [1.54, 1.807) is 0 Å². The summed E-state index contributed by atoms with van der Waals surface area (Å²) in [6.45, 7) is 0. The van der Waals surface area contributed by atoms with E-state index in [0.717, 1.165) is 4.35 Å². The van der Waals surface area contributed by atoms with Crippen molar-refractivity contribution in [1.29, 1.82) is 0 Å². The Morgan fingerprint density at radius 2 is 1.50 bits per heavy atom. The summed E-state index contributed by atoms with van der Waals surface area (Å²) in [5, 5.41) is 0. The molecule has 0 aromatic rings. The van der Waals surface area contributed by atoms with Gasteiger partial charge < -0.3 is 0 Å². The Morgan fingerprint density at radius 3 is 1.50 bits per heavy atom. The average Bonchev–Trinajstić information content (AvgIpc) is 0.811. The lowest BCUT2D eigenvalue weighted by atomic mass is 9.39. The van der Waals surface area contributed by atoms with Crippen molar-refractivity contribution >= 4 is 42.2 Å². The summed E-state index contributed by atoms with van der Waals surface area (Å²) >= 11 is 2.34. The molecule has 0 fully saturated rings. The summed E-state index contributed by atoms with van der Waals surface area (Å²) in [7, 11) is 4.31.